The first-order valence-electron chi connectivity index (χ1n) is 3.95. The Balaban J connectivity index is 2.54. The van der Waals surface area contributed by atoms with E-state index in [0.29, 0.717) is 25.2 Å². The molecule has 1 aromatic heterocycles. The average molecular weight is 280 g/mol. The van der Waals surface area contributed by atoms with Crippen molar-refractivity contribution < 1.29 is 0 Å². The summed E-state index contributed by atoms with van der Waals surface area (Å²) >= 11 is 18.9. The molecule has 0 aliphatic rings. The zero-order valence-corrected chi connectivity index (χ0v) is 10.4. The SMILES string of the molecule is Nc1nc(-c2ccc(Cl)c(Cl)c2)c(Cl)s1. The Labute approximate surface area is 106 Å². The van der Waals surface area contributed by atoms with E-state index in [0.717, 1.165) is 5.56 Å². The van der Waals surface area contributed by atoms with Crippen molar-refractivity contribution in [3.8, 4) is 11.3 Å². The van der Waals surface area contributed by atoms with Crippen molar-refractivity contribution >= 4 is 51.3 Å². The van der Waals surface area contributed by atoms with Crippen LogP contribution in [0.5, 0.6) is 0 Å². The summed E-state index contributed by atoms with van der Waals surface area (Å²) < 4.78 is 0.547. The molecule has 1 heterocycles. The molecule has 0 saturated carbocycles. The second kappa shape index (κ2) is 4.18. The van der Waals surface area contributed by atoms with E-state index in [-0.39, 0.29) is 0 Å². The molecular weight excluding hydrogens is 275 g/mol. The molecule has 2 aromatic rings. The van der Waals surface area contributed by atoms with Crippen molar-refractivity contribution in [1.82, 2.24) is 4.98 Å². The lowest BCUT2D eigenvalue weighted by atomic mass is 10.2. The second-order valence-electron chi connectivity index (χ2n) is 2.80. The molecule has 2 nitrogen and oxygen atoms in total. The Bertz CT molecular complexity index is 510. The standard InChI is InChI=1S/C9H5Cl3N2S/c10-5-2-1-4(3-6(5)11)7-8(12)15-9(13)14-7/h1-3H,(H2,13,14). The Kier molecular flexibility index (Phi) is 3.07. The van der Waals surface area contributed by atoms with Gasteiger partial charge in [0.05, 0.1) is 10.0 Å². The molecule has 2 rings (SSSR count). The fraction of sp³-hybridized carbons (Fsp3) is 0. The zero-order chi connectivity index (χ0) is 11.0. The van der Waals surface area contributed by atoms with Gasteiger partial charge in [-0.25, -0.2) is 4.98 Å². The van der Waals surface area contributed by atoms with Crippen molar-refractivity contribution in [3.05, 3.63) is 32.6 Å². The van der Waals surface area contributed by atoms with Crippen LogP contribution in [0.1, 0.15) is 0 Å². The van der Waals surface area contributed by atoms with Crippen LogP contribution in [0.4, 0.5) is 5.13 Å². The quantitative estimate of drug-likeness (QED) is 0.842. The van der Waals surface area contributed by atoms with E-state index >= 15 is 0 Å². The maximum absolute atomic E-state index is 5.97. The molecule has 15 heavy (non-hydrogen) atoms. The molecule has 0 unspecified atom stereocenters. The van der Waals surface area contributed by atoms with E-state index in [2.05, 4.69) is 4.98 Å². The number of hydrogen-bond donors (Lipinski definition) is 1. The van der Waals surface area contributed by atoms with Gasteiger partial charge in [-0.1, -0.05) is 52.2 Å². The van der Waals surface area contributed by atoms with Crippen LogP contribution >= 0.6 is 46.1 Å². The number of hydrogen-bond acceptors (Lipinski definition) is 3. The number of nitrogens with zero attached hydrogens (tertiary/aromatic N) is 1. The summed E-state index contributed by atoms with van der Waals surface area (Å²) in [7, 11) is 0. The van der Waals surface area contributed by atoms with Gasteiger partial charge in [-0.2, -0.15) is 0 Å². The van der Waals surface area contributed by atoms with Gasteiger partial charge in [0.2, 0.25) is 0 Å². The van der Waals surface area contributed by atoms with E-state index in [4.69, 9.17) is 40.5 Å². The molecule has 0 amide bonds. The van der Waals surface area contributed by atoms with Crippen molar-refractivity contribution in [2.45, 2.75) is 0 Å². The zero-order valence-electron chi connectivity index (χ0n) is 7.30. The van der Waals surface area contributed by atoms with Crippen molar-refractivity contribution in [2.24, 2.45) is 0 Å². The van der Waals surface area contributed by atoms with Gasteiger partial charge < -0.3 is 5.73 Å². The molecule has 0 aliphatic heterocycles. The van der Waals surface area contributed by atoms with E-state index in [1.807, 2.05) is 0 Å². The van der Waals surface area contributed by atoms with Gasteiger partial charge in [0.1, 0.15) is 10.0 Å². The van der Waals surface area contributed by atoms with E-state index in [1.165, 1.54) is 11.3 Å². The number of aromatic nitrogens is 1. The molecule has 0 atom stereocenters. The van der Waals surface area contributed by atoms with Crippen LogP contribution in [0.3, 0.4) is 0 Å². The molecule has 78 valence electrons. The Morgan fingerprint density at radius 3 is 2.40 bits per heavy atom. The molecule has 0 radical (unpaired) electrons. The fourth-order valence-corrected chi connectivity index (χ4v) is 2.41. The van der Waals surface area contributed by atoms with Gasteiger partial charge in [0.25, 0.3) is 0 Å². The topological polar surface area (TPSA) is 38.9 Å². The Morgan fingerprint density at radius 1 is 1.13 bits per heavy atom. The van der Waals surface area contributed by atoms with Gasteiger partial charge in [-0.3, -0.25) is 0 Å². The summed E-state index contributed by atoms with van der Waals surface area (Å²) in [6.45, 7) is 0. The van der Waals surface area contributed by atoms with Crippen LogP contribution in [0.15, 0.2) is 18.2 Å². The first-order valence-corrected chi connectivity index (χ1v) is 5.90. The highest BCUT2D eigenvalue weighted by molar-refractivity contribution is 7.19. The third kappa shape index (κ3) is 2.21. The van der Waals surface area contributed by atoms with Crippen LogP contribution in [-0.4, -0.2) is 4.98 Å². The minimum atomic E-state index is 0.432. The smallest absolute Gasteiger partial charge is 0.182 e. The molecule has 1 aromatic carbocycles. The van der Waals surface area contributed by atoms with Crippen LogP contribution in [0.2, 0.25) is 14.4 Å². The summed E-state index contributed by atoms with van der Waals surface area (Å²) in [5, 5.41) is 1.40. The number of benzene rings is 1. The minimum Gasteiger partial charge on any atom is -0.375 e. The van der Waals surface area contributed by atoms with Gasteiger partial charge in [-0.15, -0.1) is 0 Å². The summed E-state index contributed by atoms with van der Waals surface area (Å²) in [6, 6.07) is 5.21. The van der Waals surface area contributed by atoms with Gasteiger partial charge in [0, 0.05) is 5.56 Å². The summed E-state index contributed by atoms with van der Waals surface area (Å²) in [5.41, 5.74) is 6.99. The summed E-state index contributed by atoms with van der Waals surface area (Å²) in [5.74, 6) is 0. The number of anilines is 1. The highest BCUT2D eigenvalue weighted by Crippen LogP contribution is 2.36. The predicted octanol–water partition coefficient (Wildman–Crippen LogP) is 4.35. The number of halogens is 3. The maximum atomic E-state index is 5.97. The largest absolute Gasteiger partial charge is 0.375 e. The van der Waals surface area contributed by atoms with Crippen LogP contribution in [0.25, 0.3) is 11.3 Å². The van der Waals surface area contributed by atoms with E-state index in [1.54, 1.807) is 18.2 Å². The Morgan fingerprint density at radius 2 is 1.87 bits per heavy atom. The van der Waals surface area contributed by atoms with Gasteiger partial charge in [-0.05, 0) is 12.1 Å². The lowest BCUT2D eigenvalue weighted by Gasteiger charge is -2.00. The monoisotopic (exact) mass is 278 g/mol. The first kappa shape index (κ1) is 11.0. The fourth-order valence-electron chi connectivity index (χ4n) is 1.14. The van der Waals surface area contributed by atoms with Crippen molar-refractivity contribution in [1.29, 1.82) is 0 Å². The average Bonchev–Trinajstić information content (AvgIpc) is 2.50. The predicted molar refractivity (Wildman–Crippen MR) is 67.0 cm³/mol. The number of thiazole rings is 1. The van der Waals surface area contributed by atoms with Crippen molar-refractivity contribution in [3.63, 3.8) is 0 Å². The Hall–Kier alpha value is -0.480. The molecule has 0 bridgehead atoms. The molecule has 6 heteroatoms. The molecular formula is C9H5Cl3N2S. The highest BCUT2D eigenvalue weighted by Gasteiger charge is 2.10. The van der Waals surface area contributed by atoms with Crippen LogP contribution < -0.4 is 5.73 Å². The normalized spacial score (nSPS) is 10.6. The van der Waals surface area contributed by atoms with Crippen molar-refractivity contribution in [2.75, 3.05) is 5.73 Å². The number of rotatable bonds is 1. The third-order valence-corrected chi connectivity index (χ3v) is 3.62. The van der Waals surface area contributed by atoms with Crippen LogP contribution in [0, 0.1) is 0 Å². The van der Waals surface area contributed by atoms with Gasteiger partial charge >= 0.3 is 0 Å². The molecule has 0 spiro atoms. The second-order valence-corrected chi connectivity index (χ2v) is 5.25. The van der Waals surface area contributed by atoms with E-state index < -0.39 is 0 Å². The summed E-state index contributed by atoms with van der Waals surface area (Å²) in [6.07, 6.45) is 0. The first-order chi connectivity index (χ1) is 7.08. The third-order valence-electron chi connectivity index (χ3n) is 1.80. The maximum Gasteiger partial charge on any atom is 0.182 e. The minimum absolute atomic E-state index is 0.432. The molecule has 0 aliphatic carbocycles. The molecule has 2 N–H and O–H groups in total. The van der Waals surface area contributed by atoms with E-state index in [9.17, 15) is 0 Å². The lowest BCUT2D eigenvalue weighted by molar-refractivity contribution is 1.41. The van der Waals surface area contributed by atoms with Gasteiger partial charge in [0.15, 0.2) is 5.13 Å². The van der Waals surface area contributed by atoms with Crippen LogP contribution in [-0.2, 0) is 0 Å². The number of nitrogen functional groups attached to an aromatic ring is 1. The number of nitrogens with two attached hydrogens (primary N) is 1. The summed E-state index contributed by atoms with van der Waals surface area (Å²) in [4.78, 5) is 4.11. The molecule has 0 fully saturated rings. The molecule has 0 saturated heterocycles. The highest BCUT2D eigenvalue weighted by atomic mass is 35.5. The lowest BCUT2D eigenvalue weighted by Crippen LogP contribution is -1.83.